The Morgan fingerprint density at radius 3 is 2.70 bits per heavy atom. The number of halogens is 1. The number of aromatic nitrogens is 1. The third-order valence-corrected chi connectivity index (χ3v) is 4.03. The lowest BCUT2D eigenvalue weighted by atomic mass is 9.99. The van der Waals surface area contributed by atoms with Crippen LogP contribution in [0.4, 0.5) is 0 Å². The fourth-order valence-electron chi connectivity index (χ4n) is 2.26. The van der Waals surface area contributed by atoms with Gasteiger partial charge in [-0.3, -0.25) is 9.78 Å². The maximum atomic E-state index is 12.5. The summed E-state index contributed by atoms with van der Waals surface area (Å²) in [6.07, 6.45) is 2.12. The Balaban J connectivity index is 1.99. The Morgan fingerprint density at radius 1 is 1.00 bits per heavy atom. The number of hydrogen-bond acceptors (Lipinski definition) is 2. The standard InChI is InChI=1S/C17H12BrNO/c18-15-8-2-1-5-12(15)11-17(20)14-6-3-9-16-13(14)7-4-10-19-16/h1-10H,11H2. The summed E-state index contributed by atoms with van der Waals surface area (Å²) in [5, 5.41) is 0.909. The summed E-state index contributed by atoms with van der Waals surface area (Å²) in [4.78, 5) is 16.8. The molecule has 0 N–H and O–H groups in total. The van der Waals surface area contributed by atoms with Gasteiger partial charge in [-0.15, -0.1) is 0 Å². The maximum Gasteiger partial charge on any atom is 0.167 e. The number of pyridine rings is 1. The van der Waals surface area contributed by atoms with Crippen molar-refractivity contribution in [1.29, 1.82) is 0 Å². The summed E-state index contributed by atoms with van der Waals surface area (Å²) >= 11 is 3.48. The minimum Gasteiger partial charge on any atom is -0.294 e. The van der Waals surface area contributed by atoms with Crippen LogP contribution >= 0.6 is 15.9 Å². The maximum absolute atomic E-state index is 12.5. The molecule has 98 valence electrons. The third-order valence-electron chi connectivity index (χ3n) is 3.25. The van der Waals surface area contributed by atoms with Crippen LogP contribution in [-0.4, -0.2) is 10.8 Å². The van der Waals surface area contributed by atoms with Gasteiger partial charge in [0.15, 0.2) is 5.78 Å². The summed E-state index contributed by atoms with van der Waals surface area (Å²) < 4.78 is 0.965. The normalized spacial score (nSPS) is 10.7. The first-order valence-corrected chi connectivity index (χ1v) is 7.15. The second-order valence-corrected chi connectivity index (χ2v) is 5.42. The lowest BCUT2D eigenvalue weighted by Crippen LogP contribution is -2.05. The average Bonchev–Trinajstić information content (AvgIpc) is 2.49. The molecule has 0 spiro atoms. The number of benzene rings is 2. The quantitative estimate of drug-likeness (QED) is 0.667. The molecule has 0 amide bonds. The predicted octanol–water partition coefficient (Wildman–Crippen LogP) is 4.42. The number of carbonyl (C=O) groups is 1. The molecule has 3 heteroatoms. The van der Waals surface area contributed by atoms with E-state index in [0.29, 0.717) is 6.42 Å². The van der Waals surface area contributed by atoms with E-state index in [2.05, 4.69) is 20.9 Å². The molecule has 0 aliphatic rings. The molecule has 0 atom stereocenters. The van der Waals surface area contributed by atoms with Gasteiger partial charge in [0.2, 0.25) is 0 Å². The topological polar surface area (TPSA) is 30.0 Å². The predicted molar refractivity (Wildman–Crippen MR) is 83.9 cm³/mol. The van der Waals surface area contributed by atoms with Crippen LogP contribution in [-0.2, 0) is 6.42 Å². The van der Waals surface area contributed by atoms with Crippen LogP contribution in [0.15, 0.2) is 65.3 Å². The van der Waals surface area contributed by atoms with Gasteiger partial charge in [0.1, 0.15) is 0 Å². The number of nitrogens with zero attached hydrogens (tertiary/aromatic N) is 1. The molecule has 0 saturated carbocycles. The minimum atomic E-state index is 0.107. The molecule has 1 aromatic heterocycles. The Labute approximate surface area is 125 Å². The van der Waals surface area contributed by atoms with E-state index in [-0.39, 0.29) is 5.78 Å². The first-order valence-electron chi connectivity index (χ1n) is 6.36. The van der Waals surface area contributed by atoms with Crippen molar-refractivity contribution in [3.63, 3.8) is 0 Å². The Hall–Kier alpha value is -2.00. The summed E-state index contributed by atoms with van der Waals surface area (Å²) in [6, 6.07) is 17.3. The van der Waals surface area contributed by atoms with Gasteiger partial charge in [0, 0.05) is 28.0 Å². The average molecular weight is 326 g/mol. The van der Waals surface area contributed by atoms with Crippen molar-refractivity contribution in [2.75, 3.05) is 0 Å². The van der Waals surface area contributed by atoms with Gasteiger partial charge in [0.05, 0.1) is 5.52 Å². The van der Waals surface area contributed by atoms with Crippen LogP contribution in [0.2, 0.25) is 0 Å². The smallest absolute Gasteiger partial charge is 0.167 e. The van der Waals surface area contributed by atoms with Gasteiger partial charge in [-0.1, -0.05) is 52.3 Å². The monoisotopic (exact) mass is 325 g/mol. The zero-order valence-electron chi connectivity index (χ0n) is 10.7. The molecule has 0 bridgehead atoms. The van der Waals surface area contributed by atoms with Crippen molar-refractivity contribution >= 4 is 32.6 Å². The molecule has 2 nitrogen and oxygen atoms in total. The largest absolute Gasteiger partial charge is 0.294 e. The van der Waals surface area contributed by atoms with Crippen LogP contribution in [0.1, 0.15) is 15.9 Å². The fourth-order valence-corrected chi connectivity index (χ4v) is 2.68. The van der Waals surface area contributed by atoms with Crippen molar-refractivity contribution in [3.05, 3.63) is 76.4 Å². The number of rotatable bonds is 3. The van der Waals surface area contributed by atoms with E-state index >= 15 is 0 Å². The Kier molecular flexibility index (Phi) is 3.61. The third kappa shape index (κ3) is 2.49. The molecule has 2 aromatic carbocycles. The number of carbonyl (C=O) groups excluding carboxylic acids is 1. The first-order chi connectivity index (χ1) is 9.75. The molecule has 3 aromatic rings. The molecule has 0 radical (unpaired) electrons. The highest BCUT2D eigenvalue weighted by molar-refractivity contribution is 9.10. The van der Waals surface area contributed by atoms with E-state index < -0.39 is 0 Å². The molecule has 0 fully saturated rings. The molecule has 3 rings (SSSR count). The highest BCUT2D eigenvalue weighted by atomic mass is 79.9. The van der Waals surface area contributed by atoms with E-state index in [1.807, 2.05) is 54.6 Å². The van der Waals surface area contributed by atoms with E-state index in [0.717, 1.165) is 26.5 Å². The number of hydrogen-bond donors (Lipinski definition) is 0. The minimum absolute atomic E-state index is 0.107. The van der Waals surface area contributed by atoms with Gasteiger partial charge in [-0.25, -0.2) is 0 Å². The zero-order valence-corrected chi connectivity index (χ0v) is 12.3. The Bertz CT molecular complexity index is 777. The van der Waals surface area contributed by atoms with E-state index in [1.165, 1.54) is 0 Å². The van der Waals surface area contributed by atoms with E-state index in [4.69, 9.17) is 0 Å². The lowest BCUT2D eigenvalue weighted by Gasteiger charge is -2.06. The fraction of sp³-hybridized carbons (Fsp3) is 0.0588. The highest BCUT2D eigenvalue weighted by Gasteiger charge is 2.12. The van der Waals surface area contributed by atoms with Crippen molar-refractivity contribution in [3.8, 4) is 0 Å². The molecule has 0 aliphatic carbocycles. The van der Waals surface area contributed by atoms with Crippen LogP contribution < -0.4 is 0 Å². The zero-order chi connectivity index (χ0) is 13.9. The second kappa shape index (κ2) is 5.55. The first kappa shape index (κ1) is 13.0. The number of Topliss-reactive ketones (excluding diaryl/α,β-unsaturated/α-hetero) is 1. The molecule has 0 aliphatic heterocycles. The highest BCUT2D eigenvalue weighted by Crippen LogP contribution is 2.21. The molecule has 20 heavy (non-hydrogen) atoms. The van der Waals surface area contributed by atoms with Crippen molar-refractivity contribution in [1.82, 2.24) is 4.98 Å². The van der Waals surface area contributed by atoms with Crippen LogP contribution in [0, 0.1) is 0 Å². The molecule has 0 saturated heterocycles. The van der Waals surface area contributed by atoms with Gasteiger partial charge >= 0.3 is 0 Å². The molecule has 0 unspecified atom stereocenters. The van der Waals surface area contributed by atoms with Crippen molar-refractivity contribution in [2.24, 2.45) is 0 Å². The number of ketones is 1. The van der Waals surface area contributed by atoms with Gasteiger partial charge in [-0.2, -0.15) is 0 Å². The van der Waals surface area contributed by atoms with Crippen LogP contribution in [0.5, 0.6) is 0 Å². The molecular formula is C17H12BrNO. The molecular weight excluding hydrogens is 314 g/mol. The number of fused-ring (bicyclic) bond motifs is 1. The lowest BCUT2D eigenvalue weighted by molar-refractivity contribution is 0.0994. The van der Waals surface area contributed by atoms with Crippen LogP contribution in [0.3, 0.4) is 0 Å². The summed E-state index contributed by atoms with van der Waals surface area (Å²) in [7, 11) is 0. The van der Waals surface area contributed by atoms with Gasteiger partial charge in [-0.05, 0) is 23.8 Å². The van der Waals surface area contributed by atoms with Crippen molar-refractivity contribution < 1.29 is 4.79 Å². The van der Waals surface area contributed by atoms with E-state index in [9.17, 15) is 4.79 Å². The Morgan fingerprint density at radius 2 is 1.85 bits per heavy atom. The second-order valence-electron chi connectivity index (χ2n) is 4.57. The summed E-state index contributed by atoms with van der Waals surface area (Å²) in [5.41, 5.74) is 2.58. The van der Waals surface area contributed by atoms with Gasteiger partial charge in [0.25, 0.3) is 0 Å². The van der Waals surface area contributed by atoms with Crippen molar-refractivity contribution in [2.45, 2.75) is 6.42 Å². The summed E-state index contributed by atoms with van der Waals surface area (Å²) in [6.45, 7) is 0. The van der Waals surface area contributed by atoms with Crippen LogP contribution in [0.25, 0.3) is 10.9 Å². The molecule has 1 heterocycles. The van der Waals surface area contributed by atoms with Gasteiger partial charge < -0.3 is 0 Å². The summed E-state index contributed by atoms with van der Waals surface area (Å²) in [5.74, 6) is 0.107. The SMILES string of the molecule is O=C(Cc1ccccc1Br)c1cccc2ncccc12. The van der Waals surface area contributed by atoms with E-state index in [1.54, 1.807) is 6.20 Å².